The first kappa shape index (κ1) is 26.5. The minimum Gasteiger partial charge on any atom is -0.455 e. The molecule has 0 aliphatic heterocycles. The lowest BCUT2D eigenvalue weighted by molar-refractivity contribution is 0.670. The molecule has 196 valence electrons. The van der Waals surface area contributed by atoms with Crippen LogP contribution in [0.3, 0.4) is 0 Å². The fraction of sp³-hybridized carbons (Fsp3) is 0.0526. The van der Waals surface area contributed by atoms with Gasteiger partial charge in [0.15, 0.2) is 0 Å². The van der Waals surface area contributed by atoms with Gasteiger partial charge < -0.3 is 9.73 Å². The summed E-state index contributed by atoms with van der Waals surface area (Å²) in [5, 5.41) is 5.80. The molecule has 0 bridgehead atoms. The van der Waals surface area contributed by atoms with Gasteiger partial charge in [0, 0.05) is 27.7 Å². The molecule has 0 amide bonds. The summed E-state index contributed by atoms with van der Waals surface area (Å²) < 4.78 is 6.22. The largest absolute Gasteiger partial charge is 0.455 e. The Morgan fingerprint density at radius 2 is 1.20 bits per heavy atom. The van der Waals surface area contributed by atoms with E-state index >= 15 is 0 Å². The Morgan fingerprint density at radius 1 is 0.625 bits per heavy atom. The van der Waals surface area contributed by atoms with E-state index in [4.69, 9.17) is 4.42 Å². The number of benzene rings is 5. The lowest BCUT2D eigenvalue weighted by atomic mass is 10.00. The number of hydrogen-bond donors (Lipinski definition) is 1. The number of nitrogens with one attached hydrogen (secondary N) is 1. The van der Waals surface area contributed by atoms with Crippen LogP contribution in [0.2, 0.25) is 0 Å². The molecule has 0 saturated heterocycles. The SMILES string of the molecule is C=C/C=C(\C=C)c1ccc(-c2ccc(Nc3ccc(-c4cccc5c4oc4ccccc45)cc3)cc2)cc1.CC. The highest BCUT2D eigenvalue weighted by atomic mass is 16.3. The molecule has 0 fully saturated rings. The number of para-hydroxylation sites is 2. The zero-order valence-corrected chi connectivity index (χ0v) is 23.0. The molecule has 1 N–H and O–H groups in total. The van der Waals surface area contributed by atoms with E-state index in [0.717, 1.165) is 55.6 Å². The summed E-state index contributed by atoms with van der Waals surface area (Å²) in [5.41, 5.74) is 10.7. The number of fused-ring (bicyclic) bond motifs is 3. The number of hydrogen-bond acceptors (Lipinski definition) is 2. The predicted molar refractivity (Wildman–Crippen MR) is 174 cm³/mol. The van der Waals surface area contributed by atoms with Crippen LogP contribution in [-0.4, -0.2) is 0 Å². The minimum absolute atomic E-state index is 0.915. The normalized spacial score (nSPS) is 11.1. The molecule has 40 heavy (non-hydrogen) atoms. The van der Waals surface area contributed by atoms with Gasteiger partial charge in [-0.25, -0.2) is 0 Å². The standard InChI is InChI=1S/C36H27NO.C2H6/c1-3-8-25(4-2)26-13-15-27(16-14-26)28-17-21-30(22-18-28)37-31-23-19-29(20-24-31)32-10-7-11-34-33-9-5-6-12-35(33)38-36(32)34;1-2/h3-24,37H,1-2H2;1-2H3/b25-8+;. The lowest BCUT2D eigenvalue weighted by Crippen LogP contribution is -1.90. The molecule has 0 aliphatic rings. The first-order chi connectivity index (χ1) is 19.7. The van der Waals surface area contributed by atoms with Gasteiger partial charge in [-0.2, -0.15) is 0 Å². The fourth-order valence-corrected chi connectivity index (χ4v) is 4.88. The molecule has 0 aliphatic carbocycles. The molecule has 6 aromatic rings. The van der Waals surface area contributed by atoms with Crippen LogP contribution in [0.1, 0.15) is 19.4 Å². The topological polar surface area (TPSA) is 25.2 Å². The van der Waals surface area contributed by atoms with Crippen molar-refractivity contribution in [2.75, 3.05) is 5.32 Å². The molecule has 5 aromatic carbocycles. The van der Waals surface area contributed by atoms with Crippen LogP contribution in [0, 0.1) is 0 Å². The van der Waals surface area contributed by atoms with Crippen molar-refractivity contribution >= 4 is 38.9 Å². The molecule has 0 atom stereocenters. The maximum atomic E-state index is 6.22. The van der Waals surface area contributed by atoms with Crippen molar-refractivity contribution in [1.82, 2.24) is 0 Å². The molecule has 0 radical (unpaired) electrons. The van der Waals surface area contributed by atoms with E-state index in [1.165, 1.54) is 11.1 Å². The van der Waals surface area contributed by atoms with Crippen molar-refractivity contribution in [3.63, 3.8) is 0 Å². The van der Waals surface area contributed by atoms with Crippen LogP contribution >= 0.6 is 0 Å². The molecule has 0 unspecified atom stereocenters. The number of rotatable bonds is 7. The van der Waals surface area contributed by atoms with E-state index in [1.807, 2.05) is 38.1 Å². The quantitative estimate of drug-likeness (QED) is 0.212. The second-order valence-corrected chi connectivity index (χ2v) is 9.20. The summed E-state index contributed by atoms with van der Waals surface area (Å²) in [4.78, 5) is 0. The first-order valence-electron chi connectivity index (χ1n) is 13.7. The van der Waals surface area contributed by atoms with Crippen LogP contribution < -0.4 is 5.32 Å². The van der Waals surface area contributed by atoms with E-state index < -0.39 is 0 Å². The first-order valence-corrected chi connectivity index (χ1v) is 13.7. The van der Waals surface area contributed by atoms with E-state index in [-0.39, 0.29) is 0 Å². The van der Waals surface area contributed by atoms with E-state index in [9.17, 15) is 0 Å². The molecule has 0 saturated carbocycles. The van der Waals surface area contributed by atoms with Crippen molar-refractivity contribution in [3.05, 3.63) is 152 Å². The monoisotopic (exact) mass is 519 g/mol. The summed E-state index contributed by atoms with van der Waals surface area (Å²) in [5.74, 6) is 0. The zero-order valence-electron chi connectivity index (χ0n) is 23.0. The Morgan fingerprint density at radius 3 is 1.82 bits per heavy atom. The number of furan rings is 1. The third kappa shape index (κ3) is 5.39. The van der Waals surface area contributed by atoms with E-state index in [0.29, 0.717) is 0 Å². The fourth-order valence-electron chi connectivity index (χ4n) is 4.88. The van der Waals surface area contributed by atoms with Gasteiger partial charge in [0.25, 0.3) is 0 Å². The minimum atomic E-state index is 0.915. The van der Waals surface area contributed by atoms with E-state index in [2.05, 4.69) is 122 Å². The lowest BCUT2D eigenvalue weighted by Gasteiger charge is -2.10. The molecule has 2 nitrogen and oxygen atoms in total. The second kappa shape index (κ2) is 12.2. The maximum Gasteiger partial charge on any atom is 0.143 e. The van der Waals surface area contributed by atoms with Gasteiger partial charge in [0.05, 0.1) is 0 Å². The predicted octanol–water partition coefficient (Wildman–Crippen LogP) is 11.4. The second-order valence-electron chi connectivity index (χ2n) is 9.20. The smallest absolute Gasteiger partial charge is 0.143 e. The van der Waals surface area contributed by atoms with Gasteiger partial charge in [-0.1, -0.05) is 130 Å². The van der Waals surface area contributed by atoms with Crippen LogP contribution in [0.4, 0.5) is 11.4 Å². The third-order valence-electron chi connectivity index (χ3n) is 6.84. The highest BCUT2D eigenvalue weighted by Gasteiger charge is 2.11. The summed E-state index contributed by atoms with van der Waals surface area (Å²) in [6.07, 6.45) is 5.60. The Kier molecular flexibility index (Phi) is 8.08. The van der Waals surface area contributed by atoms with Gasteiger partial charge in [-0.3, -0.25) is 0 Å². The van der Waals surface area contributed by atoms with Gasteiger partial charge in [0.1, 0.15) is 11.2 Å². The Labute approximate surface area is 236 Å². The van der Waals surface area contributed by atoms with Crippen molar-refractivity contribution in [2.45, 2.75) is 13.8 Å². The number of allylic oxidation sites excluding steroid dienone is 4. The summed E-state index contributed by atoms with van der Waals surface area (Å²) in [6.45, 7) is 11.7. The molecular weight excluding hydrogens is 486 g/mol. The van der Waals surface area contributed by atoms with Crippen molar-refractivity contribution in [3.8, 4) is 22.3 Å². The molecule has 2 heteroatoms. The molecular formula is C38H33NO. The van der Waals surface area contributed by atoms with Crippen LogP contribution in [0.15, 0.2) is 151 Å². The summed E-state index contributed by atoms with van der Waals surface area (Å²) in [6, 6.07) is 40.0. The van der Waals surface area contributed by atoms with Gasteiger partial charge in [-0.05, 0) is 58.2 Å². The van der Waals surface area contributed by atoms with Gasteiger partial charge >= 0.3 is 0 Å². The molecule has 1 aromatic heterocycles. The van der Waals surface area contributed by atoms with Crippen molar-refractivity contribution in [2.24, 2.45) is 0 Å². The van der Waals surface area contributed by atoms with Gasteiger partial charge in [-0.15, -0.1) is 0 Å². The number of anilines is 2. The zero-order chi connectivity index (χ0) is 27.9. The van der Waals surface area contributed by atoms with Crippen molar-refractivity contribution < 1.29 is 4.42 Å². The van der Waals surface area contributed by atoms with Crippen LogP contribution in [0.5, 0.6) is 0 Å². The van der Waals surface area contributed by atoms with Crippen LogP contribution in [-0.2, 0) is 0 Å². The average molecular weight is 520 g/mol. The van der Waals surface area contributed by atoms with Gasteiger partial charge in [0.2, 0.25) is 0 Å². The highest BCUT2D eigenvalue weighted by molar-refractivity contribution is 6.09. The molecule has 0 spiro atoms. The highest BCUT2D eigenvalue weighted by Crippen LogP contribution is 2.36. The Bertz CT molecular complexity index is 1780. The molecule has 1 heterocycles. The van der Waals surface area contributed by atoms with E-state index in [1.54, 1.807) is 6.08 Å². The Balaban J connectivity index is 0.00000158. The summed E-state index contributed by atoms with van der Waals surface area (Å²) in [7, 11) is 0. The molecule has 6 rings (SSSR count). The van der Waals surface area contributed by atoms with Crippen LogP contribution in [0.25, 0.3) is 49.8 Å². The van der Waals surface area contributed by atoms with Crippen molar-refractivity contribution in [1.29, 1.82) is 0 Å². The maximum absolute atomic E-state index is 6.22. The summed E-state index contributed by atoms with van der Waals surface area (Å²) >= 11 is 0. The average Bonchev–Trinajstić information content (AvgIpc) is 3.41. The Hall–Kier alpha value is -5.08. The third-order valence-corrected chi connectivity index (χ3v) is 6.84.